The third-order valence-electron chi connectivity index (χ3n) is 2.73. The first-order chi connectivity index (χ1) is 8.65. The van der Waals surface area contributed by atoms with Crippen LogP contribution < -0.4 is 10.5 Å². The highest BCUT2D eigenvalue weighted by Gasteiger charge is 2.01. The van der Waals surface area contributed by atoms with E-state index in [1.807, 2.05) is 43.5 Å². The minimum atomic E-state index is 0.0821. The molecule has 1 atom stereocenters. The molecule has 0 bridgehead atoms. The Bertz CT molecular complexity index is 491. The Morgan fingerprint density at radius 3 is 2.61 bits per heavy atom. The Morgan fingerprint density at radius 1 is 1.28 bits per heavy atom. The van der Waals surface area contributed by atoms with Gasteiger partial charge in [-0.3, -0.25) is 0 Å². The normalized spacial score (nSPS) is 12.4. The van der Waals surface area contributed by atoms with Crippen molar-refractivity contribution in [1.29, 1.82) is 0 Å². The molecule has 0 saturated carbocycles. The van der Waals surface area contributed by atoms with Crippen molar-refractivity contribution in [2.75, 3.05) is 6.61 Å². The second-order valence-corrected chi connectivity index (χ2v) is 5.19. The van der Waals surface area contributed by atoms with Crippen molar-refractivity contribution in [3.05, 3.63) is 52.8 Å². The molecule has 0 saturated heterocycles. The predicted molar refractivity (Wildman–Crippen MR) is 76.7 cm³/mol. The summed E-state index contributed by atoms with van der Waals surface area (Å²) < 4.78 is 8.81. The summed E-state index contributed by atoms with van der Waals surface area (Å²) in [6, 6.07) is 9.97. The zero-order chi connectivity index (χ0) is 13.0. The highest BCUT2D eigenvalue weighted by Crippen LogP contribution is 2.16. The van der Waals surface area contributed by atoms with Crippen LogP contribution in [0.2, 0.25) is 0 Å². The SMILES string of the molecule is CC(N)c1ccn(CCOc2ccc(Br)cc2)c1. The van der Waals surface area contributed by atoms with Gasteiger partial charge < -0.3 is 15.0 Å². The lowest BCUT2D eigenvalue weighted by Crippen LogP contribution is -2.07. The second kappa shape index (κ2) is 6.07. The number of benzene rings is 1. The summed E-state index contributed by atoms with van der Waals surface area (Å²) in [7, 11) is 0. The van der Waals surface area contributed by atoms with E-state index in [-0.39, 0.29) is 6.04 Å². The number of aromatic nitrogens is 1. The maximum absolute atomic E-state index is 5.81. The Hall–Kier alpha value is -1.26. The van der Waals surface area contributed by atoms with Crippen LogP contribution in [-0.4, -0.2) is 11.2 Å². The van der Waals surface area contributed by atoms with Gasteiger partial charge in [0, 0.05) is 22.9 Å². The molecule has 1 aromatic carbocycles. The van der Waals surface area contributed by atoms with Crippen LogP contribution in [0, 0.1) is 0 Å². The fraction of sp³-hybridized carbons (Fsp3) is 0.286. The first-order valence-electron chi connectivity index (χ1n) is 5.95. The quantitative estimate of drug-likeness (QED) is 0.920. The predicted octanol–water partition coefficient (Wildman–Crippen LogP) is 3.35. The average Bonchev–Trinajstić information content (AvgIpc) is 2.81. The number of ether oxygens (including phenoxy) is 1. The first kappa shape index (κ1) is 13.2. The molecule has 0 fully saturated rings. The number of rotatable bonds is 5. The summed E-state index contributed by atoms with van der Waals surface area (Å²) in [5.74, 6) is 0.887. The van der Waals surface area contributed by atoms with Gasteiger partial charge in [0.05, 0.1) is 6.54 Å². The standard InChI is InChI=1S/C14H17BrN2O/c1-11(16)12-6-7-17(10-12)8-9-18-14-4-2-13(15)3-5-14/h2-7,10-11H,8-9,16H2,1H3. The lowest BCUT2D eigenvalue weighted by atomic mass is 10.2. The van der Waals surface area contributed by atoms with E-state index < -0.39 is 0 Å². The van der Waals surface area contributed by atoms with Gasteiger partial charge in [-0.05, 0) is 42.8 Å². The van der Waals surface area contributed by atoms with Crippen molar-refractivity contribution in [3.63, 3.8) is 0 Å². The molecule has 0 radical (unpaired) electrons. The van der Waals surface area contributed by atoms with Gasteiger partial charge in [-0.2, -0.15) is 0 Å². The smallest absolute Gasteiger partial charge is 0.119 e. The van der Waals surface area contributed by atoms with E-state index in [1.54, 1.807) is 0 Å². The highest BCUT2D eigenvalue weighted by atomic mass is 79.9. The third-order valence-corrected chi connectivity index (χ3v) is 3.26. The Labute approximate surface area is 116 Å². The summed E-state index contributed by atoms with van der Waals surface area (Å²) in [5, 5.41) is 0. The van der Waals surface area contributed by atoms with Gasteiger partial charge in [0.15, 0.2) is 0 Å². The monoisotopic (exact) mass is 308 g/mol. The van der Waals surface area contributed by atoms with Crippen molar-refractivity contribution >= 4 is 15.9 Å². The van der Waals surface area contributed by atoms with Crippen molar-refractivity contribution in [3.8, 4) is 5.75 Å². The van der Waals surface area contributed by atoms with Crippen LogP contribution in [0.4, 0.5) is 0 Å². The fourth-order valence-electron chi connectivity index (χ4n) is 1.67. The van der Waals surface area contributed by atoms with Crippen LogP contribution in [0.15, 0.2) is 47.2 Å². The molecule has 2 aromatic rings. The molecular weight excluding hydrogens is 292 g/mol. The van der Waals surface area contributed by atoms with Gasteiger partial charge in [-0.1, -0.05) is 15.9 Å². The number of nitrogens with two attached hydrogens (primary N) is 1. The molecule has 96 valence electrons. The van der Waals surface area contributed by atoms with Gasteiger partial charge in [0.25, 0.3) is 0 Å². The minimum absolute atomic E-state index is 0.0821. The van der Waals surface area contributed by atoms with Gasteiger partial charge in [-0.25, -0.2) is 0 Å². The summed E-state index contributed by atoms with van der Waals surface area (Å²) in [5.41, 5.74) is 6.96. The van der Waals surface area contributed by atoms with E-state index in [1.165, 1.54) is 0 Å². The van der Waals surface area contributed by atoms with Crippen molar-refractivity contribution in [2.24, 2.45) is 5.73 Å². The maximum Gasteiger partial charge on any atom is 0.119 e. The summed E-state index contributed by atoms with van der Waals surface area (Å²) in [6.45, 7) is 3.45. The van der Waals surface area contributed by atoms with Crippen LogP contribution in [0.25, 0.3) is 0 Å². The molecule has 1 heterocycles. The summed E-state index contributed by atoms with van der Waals surface area (Å²) in [6.07, 6.45) is 4.10. The fourth-order valence-corrected chi connectivity index (χ4v) is 1.93. The molecule has 2 rings (SSSR count). The van der Waals surface area contributed by atoms with E-state index >= 15 is 0 Å². The van der Waals surface area contributed by atoms with Crippen LogP contribution in [0.3, 0.4) is 0 Å². The van der Waals surface area contributed by atoms with E-state index in [9.17, 15) is 0 Å². The lowest BCUT2D eigenvalue weighted by Gasteiger charge is -2.07. The molecule has 0 aliphatic rings. The van der Waals surface area contributed by atoms with Crippen molar-refractivity contribution < 1.29 is 4.74 Å². The van der Waals surface area contributed by atoms with E-state index in [0.29, 0.717) is 6.61 Å². The van der Waals surface area contributed by atoms with Crippen LogP contribution in [0.5, 0.6) is 5.75 Å². The summed E-state index contributed by atoms with van der Waals surface area (Å²) in [4.78, 5) is 0. The van der Waals surface area contributed by atoms with E-state index in [0.717, 1.165) is 22.3 Å². The topological polar surface area (TPSA) is 40.2 Å². The molecule has 0 aliphatic carbocycles. The van der Waals surface area contributed by atoms with Crippen molar-refractivity contribution in [1.82, 2.24) is 4.57 Å². The number of hydrogen-bond donors (Lipinski definition) is 1. The highest BCUT2D eigenvalue weighted by molar-refractivity contribution is 9.10. The zero-order valence-electron chi connectivity index (χ0n) is 10.3. The number of nitrogens with zero attached hydrogens (tertiary/aromatic N) is 1. The lowest BCUT2D eigenvalue weighted by molar-refractivity contribution is 0.298. The average molecular weight is 309 g/mol. The number of halogens is 1. The molecular formula is C14H17BrN2O. The molecule has 1 unspecified atom stereocenters. The molecule has 0 amide bonds. The second-order valence-electron chi connectivity index (χ2n) is 4.27. The Morgan fingerprint density at radius 2 is 2.00 bits per heavy atom. The van der Waals surface area contributed by atoms with E-state index in [2.05, 4.69) is 26.7 Å². The Kier molecular flexibility index (Phi) is 4.44. The van der Waals surface area contributed by atoms with Gasteiger partial charge in [0.1, 0.15) is 12.4 Å². The van der Waals surface area contributed by atoms with Crippen LogP contribution >= 0.6 is 15.9 Å². The van der Waals surface area contributed by atoms with Gasteiger partial charge in [-0.15, -0.1) is 0 Å². The van der Waals surface area contributed by atoms with Crippen molar-refractivity contribution in [2.45, 2.75) is 19.5 Å². The van der Waals surface area contributed by atoms with Gasteiger partial charge >= 0.3 is 0 Å². The molecule has 0 spiro atoms. The molecule has 2 N–H and O–H groups in total. The largest absolute Gasteiger partial charge is 0.492 e. The van der Waals surface area contributed by atoms with Gasteiger partial charge in [0.2, 0.25) is 0 Å². The Balaban J connectivity index is 1.82. The maximum atomic E-state index is 5.81. The third kappa shape index (κ3) is 3.62. The van der Waals surface area contributed by atoms with Crippen LogP contribution in [0.1, 0.15) is 18.5 Å². The number of hydrogen-bond acceptors (Lipinski definition) is 2. The zero-order valence-corrected chi connectivity index (χ0v) is 11.9. The minimum Gasteiger partial charge on any atom is -0.492 e. The first-order valence-corrected chi connectivity index (χ1v) is 6.74. The summed E-state index contributed by atoms with van der Waals surface area (Å²) >= 11 is 3.40. The molecule has 4 heteroatoms. The molecule has 1 aromatic heterocycles. The molecule has 0 aliphatic heterocycles. The molecule has 18 heavy (non-hydrogen) atoms. The van der Waals surface area contributed by atoms with Crippen LogP contribution in [-0.2, 0) is 6.54 Å². The van der Waals surface area contributed by atoms with E-state index in [4.69, 9.17) is 10.5 Å². The molecule has 3 nitrogen and oxygen atoms in total.